The Balaban J connectivity index is 1.67. The lowest BCUT2D eigenvalue weighted by Gasteiger charge is -2.07. The van der Waals surface area contributed by atoms with E-state index in [0.29, 0.717) is 35.8 Å². The number of amides is 1. The number of nitrogens with zero attached hydrogens (tertiary/aromatic N) is 5. The SMILES string of the molecule is COCCn1nc(C)c(-c2cn3ncc(C(=O)Nc4cc(N)cnc4C)c3s2)c1C. The summed E-state index contributed by atoms with van der Waals surface area (Å²) < 4.78 is 8.84. The molecule has 3 N–H and O–H groups in total. The monoisotopic (exact) mass is 425 g/mol. The van der Waals surface area contributed by atoms with E-state index in [9.17, 15) is 4.79 Å². The third-order valence-corrected chi connectivity index (χ3v) is 6.06. The van der Waals surface area contributed by atoms with Crippen LogP contribution < -0.4 is 11.1 Å². The van der Waals surface area contributed by atoms with Gasteiger partial charge in [0.2, 0.25) is 0 Å². The highest BCUT2D eigenvalue weighted by Gasteiger charge is 2.20. The Morgan fingerprint density at radius 1 is 1.27 bits per heavy atom. The van der Waals surface area contributed by atoms with Gasteiger partial charge in [0.1, 0.15) is 4.83 Å². The molecule has 0 bridgehead atoms. The first-order chi connectivity index (χ1) is 14.4. The molecule has 0 saturated heterocycles. The van der Waals surface area contributed by atoms with Gasteiger partial charge in [-0.15, -0.1) is 11.3 Å². The molecule has 10 heteroatoms. The molecule has 0 aromatic carbocycles. The van der Waals surface area contributed by atoms with Gasteiger partial charge >= 0.3 is 0 Å². The molecular formula is C20H23N7O2S. The van der Waals surface area contributed by atoms with Gasteiger partial charge in [0.25, 0.3) is 5.91 Å². The first-order valence-electron chi connectivity index (χ1n) is 9.43. The van der Waals surface area contributed by atoms with E-state index in [0.717, 1.165) is 26.7 Å². The Kier molecular flexibility index (Phi) is 5.27. The largest absolute Gasteiger partial charge is 0.397 e. The average molecular weight is 426 g/mol. The summed E-state index contributed by atoms with van der Waals surface area (Å²) in [6, 6.07) is 1.70. The summed E-state index contributed by atoms with van der Waals surface area (Å²) in [6.07, 6.45) is 5.07. The van der Waals surface area contributed by atoms with Crippen LogP contribution in [0.1, 0.15) is 27.4 Å². The standard InChI is InChI=1S/C20H23N7O2S/c1-11-16(7-14(21)8-22-11)24-19(28)15-9-23-27-10-17(30-20(15)27)18-12(2)25-26(13(18)3)5-6-29-4/h7-10H,5-6,21H2,1-4H3,(H,24,28). The summed E-state index contributed by atoms with van der Waals surface area (Å²) in [6.45, 7) is 7.12. The lowest BCUT2D eigenvalue weighted by molar-refractivity contribution is 0.102. The van der Waals surface area contributed by atoms with Gasteiger partial charge in [-0.25, -0.2) is 4.52 Å². The fourth-order valence-electron chi connectivity index (χ4n) is 3.37. The number of fused-ring (bicyclic) bond motifs is 1. The summed E-state index contributed by atoms with van der Waals surface area (Å²) in [5, 5.41) is 11.9. The molecule has 0 radical (unpaired) electrons. The maximum Gasteiger partial charge on any atom is 0.260 e. The highest BCUT2D eigenvalue weighted by Crippen LogP contribution is 2.34. The van der Waals surface area contributed by atoms with Crippen LogP contribution in [-0.2, 0) is 11.3 Å². The zero-order valence-corrected chi connectivity index (χ0v) is 18.1. The molecule has 4 aromatic rings. The van der Waals surface area contributed by atoms with Gasteiger partial charge in [0.15, 0.2) is 0 Å². The number of hydrogen-bond acceptors (Lipinski definition) is 7. The van der Waals surface area contributed by atoms with Crippen molar-refractivity contribution in [3.05, 3.63) is 47.3 Å². The fraction of sp³-hybridized carbons (Fsp3) is 0.300. The Morgan fingerprint density at radius 2 is 2.07 bits per heavy atom. The molecule has 156 valence electrons. The molecular weight excluding hydrogens is 402 g/mol. The predicted molar refractivity (Wildman–Crippen MR) is 117 cm³/mol. The third-order valence-electron chi connectivity index (χ3n) is 4.93. The van der Waals surface area contributed by atoms with Gasteiger partial charge in [-0.1, -0.05) is 0 Å². The second-order valence-electron chi connectivity index (χ2n) is 7.02. The van der Waals surface area contributed by atoms with E-state index >= 15 is 0 Å². The van der Waals surface area contributed by atoms with Crippen LogP contribution >= 0.6 is 11.3 Å². The number of pyridine rings is 1. The number of methoxy groups -OCH3 is 1. The Morgan fingerprint density at radius 3 is 2.83 bits per heavy atom. The average Bonchev–Trinajstić information content (AvgIpc) is 3.35. The van der Waals surface area contributed by atoms with Crippen molar-refractivity contribution in [2.45, 2.75) is 27.3 Å². The number of carbonyl (C=O) groups excluding carboxylic acids is 1. The molecule has 0 aliphatic heterocycles. The number of ether oxygens (including phenoxy) is 1. The highest BCUT2D eigenvalue weighted by atomic mass is 32.1. The van der Waals surface area contributed by atoms with Crippen molar-refractivity contribution in [2.24, 2.45) is 0 Å². The summed E-state index contributed by atoms with van der Waals surface area (Å²) in [5.74, 6) is -0.252. The predicted octanol–water partition coefficient (Wildman–Crippen LogP) is 3.06. The molecule has 30 heavy (non-hydrogen) atoms. The minimum Gasteiger partial charge on any atom is -0.397 e. The van der Waals surface area contributed by atoms with Crippen molar-refractivity contribution in [1.29, 1.82) is 0 Å². The zero-order valence-electron chi connectivity index (χ0n) is 17.3. The van der Waals surface area contributed by atoms with Gasteiger partial charge in [-0.2, -0.15) is 10.2 Å². The number of anilines is 2. The molecule has 4 rings (SSSR count). The fourth-order valence-corrected chi connectivity index (χ4v) is 4.58. The van der Waals surface area contributed by atoms with E-state index in [1.807, 2.05) is 31.6 Å². The van der Waals surface area contributed by atoms with Crippen LogP contribution in [-0.4, -0.2) is 44.0 Å². The number of nitrogens with two attached hydrogens (primary N) is 1. The van der Waals surface area contributed by atoms with Crippen LogP contribution in [0, 0.1) is 20.8 Å². The molecule has 0 unspecified atom stereocenters. The number of aromatic nitrogens is 5. The Bertz CT molecular complexity index is 1240. The summed E-state index contributed by atoms with van der Waals surface area (Å²) in [5.41, 5.74) is 11.1. The lowest BCUT2D eigenvalue weighted by Crippen LogP contribution is -2.13. The maximum absolute atomic E-state index is 12.9. The number of aryl methyl sites for hydroxylation is 2. The molecule has 9 nitrogen and oxygen atoms in total. The maximum atomic E-state index is 12.9. The minimum absolute atomic E-state index is 0.252. The van der Waals surface area contributed by atoms with Crippen molar-refractivity contribution in [3.8, 4) is 10.4 Å². The van der Waals surface area contributed by atoms with E-state index < -0.39 is 0 Å². The van der Waals surface area contributed by atoms with Gasteiger partial charge in [-0.3, -0.25) is 14.5 Å². The molecule has 0 saturated carbocycles. The van der Waals surface area contributed by atoms with Crippen molar-refractivity contribution in [3.63, 3.8) is 0 Å². The van der Waals surface area contributed by atoms with E-state index in [1.54, 1.807) is 30.1 Å². The number of nitrogens with one attached hydrogen (secondary N) is 1. The molecule has 0 spiro atoms. The Labute approximate surface area is 177 Å². The molecule has 0 aliphatic rings. The Hall–Kier alpha value is -3.24. The number of nitrogen functional groups attached to an aromatic ring is 1. The molecule has 0 atom stereocenters. The van der Waals surface area contributed by atoms with E-state index in [1.165, 1.54) is 11.3 Å². The summed E-state index contributed by atoms with van der Waals surface area (Å²) >= 11 is 1.51. The summed E-state index contributed by atoms with van der Waals surface area (Å²) in [4.78, 5) is 18.9. The van der Waals surface area contributed by atoms with Crippen LogP contribution in [0.25, 0.3) is 15.3 Å². The first kappa shape index (κ1) is 20.0. The topological polar surface area (TPSA) is 112 Å². The van der Waals surface area contributed by atoms with Crippen LogP contribution in [0.3, 0.4) is 0 Å². The van der Waals surface area contributed by atoms with Crippen LogP contribution in [0.15, 0.2) is 24.7 Å². The van der Waals surface area contributed by atoms with Crippen LogP contribution in [0.2, 0.25) is 0 Å². The van der Waals surface area contributed by atoms with Gasteiger partial charge in [0.05, 0.1) is 58.7 Å². The highest BCUT2D eigenvalue weighted by molar-refractivity contribution is 7.21. The lowest BCUT2D eigenvalue weighted by atomic mass is 10.2. The van der Waals surface area contributed by atoms with E-state index in [2.05, 4.69) is 20.5 Å². The second kappa shape index (κ2) is 7.88. The first-order valence-corrected chi connectivity index (χ1v) is 10.2. The van der Waals surface area contributed by atoms with Crippen molar-refractivity contribution in [1.82, 2.24) is 24.4 Å². The summed E-state index contributed by atoms with van der Waals surface area (Å²) in [7, 11) is 1.68. The van der Waals surface area contributed by atoms with E-state index in [4.69, 9.17) is 10.5 Å². The normalized spacial score (nSPS) is 11.3. The van der Waals surface area contributed by atoms with Gasteiger partial charge < -0.3 is 15.8 Å². The van der Waals surface area contributed by atoms with Crippen molar-refractivity contribution < 1.29 is 9.53 Å². The molecule has 4 heterocycles. The van der Waals surface area contributed by atoms with Gasteiger partial charge in [0, 0.05) is 24.6 Å². The number of thiazole rings is 1. The second-order valence-corrected chi connectivity index (χ2v) is 8.05. The zero-order chi connectivity index (χ0) is 21.4. The van der Waals surface area contributed by atoms with E-state index in [-0.39, 0.29) is 5.91 Å². The quantitative estimate of drug-likeness (QED) is 0.491. The number of hydrogen-bond donors (Lipinski definition) is 2. The minimum atomic E-state index is -0.252. The van der Waals surface area contributed by atoms with Gasteiger partial charge in [-0.05, 0) is 26.8 Å². The smallest absolute Gasteiger partial charge is 0.260 e. The number of rotatable bonds is 6. The van der Waals surface area contributed by atoms with Crippen molar-refractivity contribution >= 4 is 33.4 Å². The number of carbonyl (C=O) groups is 1. The third kappa shape index (κ3) is 3.55. The molecule has 4 aromatic heterocycles. The molecule has 0 fully saturated rings. The molecule has 0 aliphatic carbocycles. The van der Waals surface area contributed by atoms with Crippen molar-refractivity contribution in [2.75, 3.05) is 24.8 Å². The van der Waals surface area contributed by atoms with Crippen LogP contribution in [0.4, 0.5) is 11.4 Å². The van der Waals surface area contributed by atoms with Crippen LogP contribution in [0.5, 0.6) is 0 Å². The molecule has 1 amide bonds.